The predicted octanol–water partition coefficient (Wildman–Crippen LogP) is 2.49. The molecule has 1 aromatic carbocycles. The van der Waals surface area contributed by atoms with Gasteiger partial charge in [0.1, 0.15) is 5.82 Å². The lowest BCUT2D eigenvalue weighted by Gasteiger charge is -2.09. The zero-order valence-electron chi connectivity index (χ0n) is 13.7. The molecule has 0 radical (unpaired) electrons. The van der Waals surface area contributed by atoms with Gasteiger partial charge in [-0.1, -0.05) is 12.1 Å². The number of amides is 2. The first-order chi connectivity index (χ1) is 11.4. The van der Waals surface area contributed by atoms with Crippen molar-refractivity contribution in [2.75, 3.05) is 0 Å². The number of hydrogen-bond acceptors (Lipinski definition) is 2. The van der Waals surface area contributed by atoms with Gasteiger partial charge >= 0.3 is 6.03 Å². The van der Waals surface area contributed by atoms with Gasteiger partial charge in [0.05, 0.1) is 6.54 Å². The molecule has 0 spiro atoms. The van der Waals surface area contributed by atoms with Crippen LogP contribution in [0.3, 0.4) is 0 Å². The molecule has 3 rings (SSSR count). The van der Waals surface area contributed by atoms with Gasteiger partial charge in [-0.3, -0.25) is 4.79 Å². The maximum Gasteiger partial charge on any atom is 0.315 e. The lowest BCUT2D eigenvalue weighted by Crippen LogP contribution is -2.38. The number of carbonyl (C=O) groups is 1. The van der Waals surface area contributed by atoms with Crippen molar-refractivity contribution in [2.45, 2.75) is 38.8 Å². The number of rotatable bonds is 4. The summed E-state index contributed by atoms with van der Waals surface area (Å²) in [5.74, 6) is -0.0406. The number of carbonyl (C=O) groups excluding carboxylic acids is 1. The van der Waals surface area contributed by atoms with Crippen LogP contribution in [0.5, 0.6) is 0 Å². The highest BCUT2D eigenvalue weighted by atomic mass is 19.1. The Bertz CT molecular complexity index is 814. The standard InChI is InChI=1S/C18H20FN3O2/c1-10-7-11(2)21-17(23)15(10)9-20-18(24)22-16-8-14(16)12-3-5-13(19)6-4-12/h3-7,14,16H,8-9H2,1-2H3,(H,21,23)(H2,20,22,24)/t14-,16+/m0/s1. The molecule has 0 aliphatic heterocycles. The number of halogens is 1. The van der Waals surface area contributed by atoms with Gasteiger partial charge in [-0.05, 0) is 49.6 Å². The van der Waals surface area contributed by atoms with Crippen molar-refractivity contribution in [3.63, 3.8) is 0 Å². The van der Waals surface area contributed by atoms with Crippen LogP contribution >= 0.6 is 0 Å². The fourth-order valence-corrected chi connectivity index (χ4v) is 2.92. The SMILES string of the molecule is Cc1cc(C)c(CNC(=O)N[C@@H]2C[C@H]2c2ccc(F)cc2)c(=O)[nH]1. The summed E-state index contributed by atoms with van der Waals surface area (Å²) < 4.78 is 12.9. The number of aromatic nitrogens is 1. The van der Waals surface area contributed by atoms with E-state index in [0.717, 1.165) is 23.2 Å². The Hall–Kier alpha value is -2.63. The molecule has 1 heterocycles. The van der Waals surface area contributed by atoms with Crippen molar-refractivity contribution in [3.8, 4) is 0 Å². The lowest BCUT2D eigenvalue weighted by atomic mass is 10.1. The quantitative estimate of drug-likeness (QED) is 0.806. The van der Waals surface area contributed by atoms with E-state index in [9.17, 15) is 14.0 Å². The topological polar surface area (TPSA) is 74.0 Å². The Balaban J connectivity index is 1.52. The molecule has 2 atom stereocenters. The second-order valence-corrected chi connectivity index (χ2v) is 6.27. The molecule has 1 aromatic heterocycles. The fourth-order valence-electron chi connectivity index (χ4n) is 2.92. The smallest absolute Gasteiger partial charge is 0.315 e. The fraction of sp³-hybridized carbons (Fsp3) is 0.333. The van der Waals surface area contributed by atoms with E-state index in [-0.39, 0.29) is 35.9 Å². The molecule has 6 heteroatoms. The third kappa shape index (κ3) is 3.64. The zero-order chi connectivity index (χ0) is 17.3. The Morgan fingerprint density at radius 1 is 1.29 bits per heavy atom. The maximum absolute atomic E-state index is 12.9. The van der Waals surface area contributed by atoms with Gasteiger partial charge in [-0.15, -0.1) is 0 Å². The van der Waals surface area contributed by atoms with Gasteiger partial charge in [0.15, 0.2) is 0 Å². The van der Waals surface area contributed by atoms with Crippen molar-refractivity contribution in [1.82, 2.24) is 15.6 Å². The average molecular weight is 329 g/mol. The molecular formula is C18H20FN3O2. The van der Waals surface area contributed by atoms with E-state index in [4.69, 9.17) is 0 Å². The summed E-state index contributed by atoms with van der Waals surface area (Å²) >= 11 is 0. The van der Waals surface area contributed by atoms with Gasteiger partial charge in [0.25, 0.3) is 5.56 Å². The van der Waals surface area contributed by atoms with Crippen LogP contribution < -0.4 is 16.2 Å². The molecule has 2 aromatic rings. The van der Waals surface area contributed by atoms with Crippen LogP contribution in [0.2, 0.25) is 0 Å². The number of hydrogen-bond donors (Lipinski definition) is 3. The normalized spacial score (nSPS) is 19.0. The summed E-state index contributed by atoms with van der Waals surface area (Å²) in [6.07, 6.45) is 0.837. The van der Waals surface area contributed by atoms with Crippen molar-refractivity contribution in [1.29, 1.82) is 0 Å². The number of H-pyrrole nitrogens is 1. The number of benzene rings is 1. The molecule has 1 aliphatic carbocycles. The Morgan fingerprint density at radius 2 is 2.00 bits per heavy atom. The van der Waals surface area contributed by atoms with Crippen LogP contribution in [0.25, 0.3) is 0 Å². The molecular weight excluding hydrogens is 309 g/mol. The molecule has 1 saturated carbocycles. The van der Waals surface area contributed by atoms with E-state index in [2.05, 4.69) is 15.6 Å². The predicted molar refractivity (Wildman–Crippen MR) is 89.5 cm³/mol. The first kappa shape index (κ1) is 16.2. The molecule has 0 bridgehead atoms. The molecule has 2 amide bonds. The molecule has 1 fully saturated rings. The lowest BCUT2D eigenvalue weighted by molar-refractivity contribution is 0.240. The van der Waals surface area contributed by atoms with E-state index in [1.807, 2.05) is 19.9 Å². The number of aryl methyl sites for hydroxylation is 2. The van der Waals surface area contributed by atoms with Crippen LogP contribution in [-0.4, -0.2) is 17.1 Å². The first-order valence-corrected chi connectivity index (χ1v) is 7.93. The minimum Gasteiger partial charge on any atom is -0.335 e. The van der Waals surface area contributed by atoms with Crippen LogP contribution in [0, 0.1) is 19.7 Å². The van der Waals surface area contributed by atoms with Crippen LogP contribution in [0.4, 0.5) is 9.18 Å². The first-order valence-electron chi connectivity index (χ1n) is 7.93. The summed E-state index contributed by atoms with van der Waals surface area (Å²) in [6, 6.07) is 7.97. The van der Waals surface area contributed by atoms with Gasteiger partial charge in [0.2, 0.25) is 0 Å². The number of nitrogens with one attached hydrogen (secondary N) is 3. The molecule has 1 aliphatic rings. The maximum atomic E-state index is 12.9. The Kier molecular flexibility index (Phi) is 4.38. The van der Waals surface area contributed by atoms with E-state index in [1.165, 1.54) is 12.1 Å². The van der Waals surface area contributed by atoms with Gasteiger partial charge in [0, 0.05) is 23.2 Å². The Labute approximate surface area is 139 Å². The largest absolute Gasteiger partial charge is 0.335 e. The third-order valence-corrected chi connectivity index (χ3v) is 4.32. The highest BCUT2D eigenvalue weighted by molar-refractivity contribution is 5.75. The molecule has 24 heavy (non-hydrogen) atoms. The number of urea groups is 1. The monoisotopic (exact) mass is 329 g/mol. The average Bonchev–Trinajstić information content (AvgIpc) is 3.26. The molecule has 126 valence electrons. The summed E-state index contributed by atoms with van der Waals surface area (Å²) in [4.78, 5) is 26.6. The molecule has 3 N–H and O–H groups in total. The van der Waals surface area contributed by atoms with Gasteiger partial charge in [-0.2, -0.15) is 0 Å². The van der Waals surface area contributed by atoms with Crippen molar-refractivity contribution in [3.05, 3.63) is 68.9 Å². The second kappa shape index (κ2) is 6.47. The number of pyridine rings is 1. The number of aromatic amines is 1. The van der Waals surface area contributed by atoms with Crippen molar-refractivity contribution < 1.29 is 9.18 Å². The van der Waals surface area contributed by atoms with Crippen molar-refractivity contribution >= 4 is 6.03 Å². The minimum atomic E-state index is -0.302. The summed E-state index contributed by atoms with van der Waals surface area (Å²) in [5.41, 5.74) is 3.05. The van der Waals surface area contributed by atoms with E-state index in [0.29, 0.717) is 5.56 Å². The third-order valence-electron chi connectivity index (χ3n) is 4.32. The Morgan fingerprint density at radius 3 is 2.67 bits per heavy atom. The highest BCUT2D eigenvalue weighted by Crippen LogP contribution is 2.40. The zero-order valence-corrected chi connectivity index (χ0v) is 13.7. The van der Waals surface area contributed by atoms with E-state index < -0.39 is 0 Å². The molecule has 0 unspecified atom stereocenters. The van der Waals surface area contributed by atoms with Gasteiger partial charge in [-0.25, -0.2) is 9.18 Å². The van der Waals surface area contributed by atoms with Gasteiger partial charge < -0.3 is 15.6 Å². The minimum absolute atomic E-state index is 0.0489. The van der Waals surface area contributed by atoms with Crippen LogP contribution in [-0.2, 0) is 6.54 Å². The van der Waals surface area contributed by atoms with E-state index >= 15 is 0 Å². The second-order valence-electron chi connectivity index (χ2n) is 6.27. The summed E-state index contributed by atoms with van der Waals surface area (Å²) in [5, 5.41) is 5.60. The van der Waals surface area contributed by atoms with Crippen molar-refractivity contribution in [2.24, 2.45) is 0 Å². The van der Waals surface area contributed by atoms with E-state index in [1.54, 1.807) is 12.1 Å². The van der Waals surface area contributed by atoms with Crippen LogP contribution in [0.1, 0.15) is 34.7 Å². The molecule has 5 nitrogen and oxygen atoms in total. The highest BCUT2D eigenvalue weighted by Gasteiger charge is 2.39. The summed E-state index contributed by atoms with van der Waals surface area (Å²) in [7, 11) is 0. The van der Waals surface area contributed by atoms with Crippen LogP contribution in [0.15, 0.2) is 35.1 Å². The molecule has 0 saturated heterocycles. The summed E-state index contributed by atoms with van der Waals surface area (Å²) in [6.45, 7) is 3.85.